The summed E-state index contributed by atoms with van der Waals surface area (Å²) >= 11 is 1.59. The molecular weight excluding hydrogens is 240 g/mol. The Morgan fingerprint density at radius 1 is 1.00 bits per heavy atom. The summed E-state index contributed by atoms with van der Waals surface area (Å²) < 4.78 is 0. The Bertz CT molecular complexity index is 543. The molecule has 18 heavy (non-hydrogen) atoms. The molecule has 0 aliphatic carbocycles. The normalized spacial score (nSPS) is 10.3. The highest BCUT2D eigenvalue weighted by Gasteiger charge is 2.08. The number of aryl methyl sites for hydroxylation is 2. The van der Waals surface area contributed by atoms with Crippen molar-refractivity contribution in [3.63, 3.8) is 0 Å². The second-order valence-electron chi connectivity index (χ2n) is 4.34. The number of thioether (sulfide) groups is 1. The SMILES string of the molecule is Cc1ccc(SCC(=O)c2ccccc2C)cc1. The maximum absolute atomic E-state index is 12.1. The van der Waals surface area contributed by atoms with Crippen LogP contribution < -0.4 is 0 Å². The Morgan fingerprint density at radius 3 is 2.33 bits per heavy atom. The fourth-order valence-electron chi connectivity index (χ4n) is 1.75. The first kappa shape index (κ1) is 12.9. The molecule has 2 rings (SSSR count). The van der Waals surface area contributed by atoms with Crippen LogP contribution in [0.4, 0.5) is 0 Å². The molecule has 0 fully saturated rings. The van der Waals surface area contributed by atoms with Gasteiger partial charge in [-0.3, -0.25) is 4.79 Å². The topological polar surface area (TPSA) is 17.1 Å². The number of hydrogen-bond donors (Lipinski definition) is 0. The van der Waals surface area contributed by atoms with Gasteiger partial charge in [0.2, 0.25) is 0 Å². The molecule has 2 heteroatoms. The molecular formula is C16H16OS. The number of hydrogen-bond acceptors (Lipinski definition) is 2. The van der Waals surface area contributed by atoms with E-state index in [0.717, 1.165) is 16.0 Å². The van der Waals surface area contributed by atoms with Crippen LogP contribution >= 0.6 is 11.8 Å². The summed E-state index contributed by atoms with van der Waals surface area (Å²) in [5.41, 5.74) is 3.12. The van der Waals surface area contributed by atoms with E-state index in [9.17, 15) is 4.79 Å². The van der Waals surface area contributed by atoms with Crippen LogP contribution in [0.3, 0.4) is 0 Å². The molecule has 0 aromatic heterocycles. The first-order valence-corrected chi connectivity index (χ1v) is 6.93. The van der Waals surface area contributed by atoms with Gasteiger partial charge in [-0.05, 0) is 31.5 Å². The minimum atomic E-state index is 0.193. The predicted molar refractivity (Wildman–Crippen MR) is 77.4 cm³/mol. The van der Waals surface area contributed by atoms with Gasteiger partial charge in [0.05, 0.1) is 5.75 Å². The van der Waals surface area contributed by atoms with Crippen LogP contribution in [0.5, 0.6) is 0 Å². The van der Waals surface area contributed by atoms with Crippen molar-refractivity contribution in [2.45, 2.75) is 18.7 Å². The van der Waals surface area contributed by atoms with Gasteiger partial charge >= 0.3 is 0 Å². The van der Waals surface area contributed by atoms with Crippen LogP contribution in [0.25, 0.3) is 0 Å². The van der Waals surface area contributed by atoms with E-state index in [1.165, 1.54) is 5.56 Å². The molecule has 0 saturated carbocycles. The molecule has 0 unspecified atom stereocenters. The Labute approximate surface area is 112 Å². The minimum absolute atomic E-state index is 0.193. The van der Waals surface area contributed by atoms with Crippen molar-refractivity contribution < 1.29 is 4.79 Å². The van der Waals surface area contributed by atoms with Crippen molar-refractivity contribution in [3.8, 4) is 0 Å². The van der Waals surface area contributed by atoms with Crippen LogP contribution in [0.15, 0.2) is 53.4 Å². The van der Waals surface area contributed by atoms with Gasteiger partial charge < -0.3 is 0 Å². The number of carbonyl (C=O) groups excluding carboxylic acids is 1. The summed E-state index contributed by atoms with van der Waals surface area (Å²) in [5.74, 6) is 0.687. The van der Waals surface area contributed by atoms with E-state index in [1.807, 2.05) is 31.2 Å². The van der Waals surface area contributed by atoms with Gasteiger partial charge in [0.15, 0.2) is 5.78 Å². The quantitative estimate of drug-likeness (QED) is 0.600. The summed E-state index contributed by atoms with van der Waals surface area (Å²) in [5, 5.41) is 0. The zero-order valence-electron chi connectivity index (χ0n) is 10.6. The van der Waals surface area contributed by atoms with E-state index in [1.54, 1.807) is 11.8 Å². The smallest absolute Gasteiger partial charge is 0.173 e. The van der Waals surface area contributed by atoms with E-state index >= 15 is 0 Å². The number of ketones is 1. The Balaban J connectivity index is 2.01. The molecule has 0 N–H and O–H groups in total. The fraction of sp³-hybridized carbons (Fsp3) is 0.188. The molecule has 2 aromatic carbocycles. The predicted octanol–water partition coefficient (Wildman–Crippen LogP) is 4.28. The van der Waals surface area contributed by atoms with Crippen molar-refractivity contribution in [2.24, 2.45) is 0 Å². The zero-order valence-corrected chi connectivity index (χ0v) is 11.5. The number of rotatable bonds is 4. The van der Waals surface area contributed by atoms with Gasteiger partial charge in [0.25, 0.3) is 0 Å². The van der Waals surface area contributed by atoms with Crippen LogP contribution in [-0.4, -0.2) is 11.5 Å². The third kappa shape index (κ3) is 3.23. The lowest BCUT2D eigenvalue weighted by molar-refractivity contribution is 0.102. The van der Waals surface area contributed by atoms with E-state index in [4.69, 9.17) is 0 Å². The maximum Gasteiger partial charge on any atom is 0.173 e. The van der Waals surface area contributed by atoms with E-state index in [-0.39, 0.29) is 5.78 Å². The lowest BCUT2D eigenvalue weighted by Gasteiger charge is -2.04. The first-order valence-electron chi connectivity index (χ1n) is 5.95. The van der Waals surface area contributed by atoms with Crippen molar-refractivity contribution in [3.05, 3.63) is 65.2 Å². The molecule has 0 spiro atoms. The first-order chi connectivity index (χ1) is 8.66. The third-order valence-corrected chi connectivity index (χ3v) is 3.85. The zero-order chi connectivity index (χ0) is 13.0. The van der Waals surface area contributed by atoms with Gasteiger partial charge in [0.1, 0.15) is 0 Å². The van der Waals surface area contributed by atoms with Gasteiger partial charge in [0, 0.05) is 10.5 Å². The van der Waals surface area contributed by atoms with E-state index in [0.29, 0.717) is 5.75 Å². The van der Waals surface area contributed by atoms with Gasteiger partial charge in [-0.25, -0.2) is 0 Å². The number of benzene rings is 2. The van der Waals surface area contributed by atoms with Crippen LogP contribution in [0.1, 0.15) is 21.5 Å². The van der Waals surface area contributed by atoms with Crippen LogP contribution in [0, 0.1) is 13.8 Å². The molecule has 0 atom stereocenters. The van der Waals surface area contributed by atoms with Gasteiger partial charge in [-0.15, -0.1) is 11.8 Å². The van der Waals surface area contributed by atoms with Gasteiger partial charge in [-0.1, -0.05) is 42.0 Å². The molecule has 0 amide bonds. The van der Waals surface area contributed by atoms with Crippen molar-refractivity contribution in [1.29, 1.82) is 0 Å². The Hall–Kier alpha value is -1.54. The summed E-state index contributed by atoms with van der Waals surface area (Å²) in [4.78, 5) is 13.2. The molecule has 0 saturated heterocycles. The molecule has 0 radical (unpaired) electrons. The molecule has 92 valence electrons. The van der Waals surface area contributed by atoms with Crippen molar-refractivity contribution in [2.75, 3.05) is 5.75 Å². The minimum Gasteiger partial charge on any atom is -0.293 e. The number of carbonyl (C=O) groups is 1. The third-order valence-electron chi connectivity index (χ3n) is 2.84. The Morgan fingerprint density at radius 2 is 1.67 bits per heavy atom. The Kier molecular flexibility index (Phi) is 4.21. The molecule has 2 aromatic rings. The second-order valence-corrected chi connectivity index (χ2v) is 5.39. The molecule has 0 heterocycles. The summed E-state index contributed by atoms with van der Waals surface area (Å²) in [7, 11) is 0. The monoisotopic (exact) mass is 256 g/mol. The summed E-state index contributed by atoms with van der Waals surface area (Å²) in [6.45, 7) is 4.04. The number of Topliss-reactive ketones (excluding diaryl/α,β-unsaturated/α-hetero) is 1. The lowest BCUT2D eigenvalue weighted by atomic mass is 10.1. The largest absolute Gasteiger partial charge is 0.293 e. The molecule has 0 bridgehead atoms. The fourth-order valence-corrected chi connectivity index (χ4v) is 2.53. The average molecular weight is 256 g/mol. The van der Waals surface area contributed by atoms with Gasteiger partial charge in [-0.2, -0.15) is 0 Å². The van der Waals surface area contributed by atoms with Crippen molar-refractivity contribution >= 4 is 17.5 Å². The van der Waals surface area contributed by atoms with Crippen LogP contribution in [-0.2, 0) is 0 Å². The van der Waals surface area contributed by atoms with E-state index < -0.39 is 0 Å². The highest BCUT2D eigenvalue weighted by molar-refractivity contribution is 8.00. The van der Waals surface area contributed by atoms with E-state index in [2.05, 4.69) is 31.2 Å². The molecule has 0 aliphatic rings. The maximum atomic E-state index is 12.1. The summed E-state index contributed by atoms with van der Waals surface area (Å²) in [6, 6.07) is 16.0. The second kappa shape index (κ2) is 5.87. The average Bonchev–Trinajstić information content (AvgIpc) is 2.38. The molecule has 1 nitrogen and oxygen atoms in total. The highest BCUT2D eigenvalue weighted by atomic mass is 32.2. The van der Waals surface area contributed by atoms with Crippen molar-refractivity contribution in [1.82, 2.24) is 0 Å². The standard InChI is InChI=1S/C16H16OS/c1-12-7-9-14(10-8-12)18-11-16(17)15-6-4-3-5-13(15)2/h3-10H,11H2,1-2H3. The highest BCUT2D eigenvalue weighted by Crippen LogP contribution is 2.20. The lowest BCUT2D eigenvalue weighted by Crippen LogP contribution is -2.04. The summed E-state index contributed by atoms with van der Waals surface area (Å²) in [6.07, 6.45) is 0. The molecule has 0 aliphatic heterocycles. The van der Waals surface area contributed by atoms with Crippen LogP contribution in [0.2, 0.25) is 0 Å².